The summed E-state index contributed by atoms with van der Waals surface area (Å²) in [4.78, 5) is 19.6. The lowest BCUT2D eigenvalue weighted by molar-refractivity contribution is -0.109. The zero-order valence-electron chi connectivity index (χ0n) is 6.06. The lowest BCUT2D eigenvalue weighted by Crippen LogP contribution is -2.22. The first-order valence-electron chi connectivity index (χ1n) is 3.26. The van der Waals surface area contributed by atoms with Gasteiger partial charge in [-0.2, -0.15) is 0 Å². The van der Waals surface area contributed by atoms with E-state index >= 15 is 0 Å². The van der Waals surface area contributed by atoms with Crippen molar-refractivity contribution < 1.29 is 14.7 Å². The molecule has 0 bridgehead atoms. The lowest BCUT2D eigenvalue weighted by Gasteiger charge is -2.04. The minimum absolute atomic E-state index is 0.113. The summed E-state index contributed by atoms with van der Waals surface area (Å²) in [7, 11) is 0. The Hall–Kier alpha value is -1.16. The fourth-order valence-corrected chi connectivity index (χ4v) is 0.506. The molecule has 0 spiro atoms. The largest absolute Gasteiger partial charge is 0.391 e. The van der Waals surface area contributed by atoms with Gasteiger partial charge in [0.2, 0.25) is 0 Å². The first kappa shape index (κ1) is 9.84. The van der Waals surface area contributed by atoms with Gasteiger partial charge in [-0.25, -0.2) is 0 Å². The quantitative estimate of drug-likeness (QED) is 0.393. The minimum atomic E-state index is -0.677. The molecule has 0 fully saturated rings. The average Bonchev–Trinajstić information content (AvgIpc) is 1.99. The molecule has 0 aromatic rings. The highest BCUT2D eigenvalue weighted by atomic mass is 16.3. The number of aldehydes is 2. The zero-order valence-corrected chi connectivity index (χ0v) is 6.06. The average molecular weight is 157 g/mol. The van der Waals surface area contributed by atoms with Crippen LogP contribution in [0, 0.1) is 0 Å². The van der Waals surface area contributed by atoms with Crippen molar-refractivity contribution in [3.05, 3.63) is 12.3 Å². The maximum atomic E-state index is 9.84. The molecule has 0 heterocycles. The predicted molar refractivity (Wildman–Crippen MR) is 39.9 cm³/mol. The number of hydrogen-bond donors (Lipinski definition) is 2. The van der Waals surface area contributed by atoms with Crippen molar-refractivity contribution >= 4 is 12.6 Å². The smallest absolute Gasteiger partial charge is 0.144 e. The molecule has 0 radical (unpaired) electrons. The zero-order chi connectivity index (χ0) is 8.53. The molecular weight excluding hydrogens is 146 g/mol. The number of allylic oxidation sites excluding steroid dienone is 1. The van der Waals surface area contributed by atoms with Crippen LogP contribution >= 0.6 is 0 Å². The Labute approximate surface area is 64.9 Å². The molecule has 2 N–H and O–H groups in total. The van der Waals surface area contributed by atoms with Gasteiger partial charge in [-0.15, -0.1) is 0 Å². The first-order valence-corrected chi connectivity index (χ1v) is 3.26. The van der Waals surface area contributed by atoms with Gasteiger partial charge >= 0.3 is 0 Å². The van der Waals surface area contributed by atoms with E-state index < -0.39 is 6.10 Å². The molecule has 0 aromatic carbocycles. The fraction of sp³-hybridized carbons (Fsp3) is 0.429. The Morgan fingerprint density at radius 3 is 2.73 bits per heavy atom. The van der Waals surface area contributed by atoms with E-state index in [2.05, 4.69) is 5.32 Å². The van der Waals surface area contributed by atoms with E-state index in [1.54, 1.807) is 0 Å². The standard InChI is InChI=1S/C7H11NO3/c9-4-1-3-8-6-7(11)2-5-10/h1,3-5,7-8,11H,2,6H2. The monoisotopic (exact) mass is 157 g/mol. The maximum absolute atomic E-state index is 9.84. The van der Waals surface area contributed by atoms with Crippen molar-refractivity contribution in [2.24, 2.45) is 0 Å². The Balaban J connectivity index is 3.29. The number of aliphatic hydroxyl groups excluding tert-OH is 1. The second-order valence-electron chi connectivity index (χ2n) is 1.96. The van der Waals surface area contributed by atoms with Gasteiger partial charge in [0.15, 0.2) is 0 Å². The van der Waals surface area contributed by atoms with Crippen LogP contribution < -0.4 is 5.32 Å². The summed E-state index contributed by atoms with van der Waals surface area (Å²) in [6, 6.07) is 0. The molecule has 4 heteroatoms. The van der Waals surface area contributed by atoms with Crippen LogP contribution in [0.25, 0.3) is 0 Å². The Morgan fingerprint density at radius 1 is 1.45 bits per heavy atom. The van der Waals surface area contributed by atoms with E-state index in [9.17, 15) is 9.59 Å². The molecule has 0 aliphatic rings. The molecule has 1 unspecified atom stereocenters. The number of aliphatic hydroxyl groups is 1. The second kappa shape index (κ2) is 6.95. The molecule has 4 nitrogen and oxygen atoms in total. The van der Waals surface area contributed by atoms with Gasteiger partial charge < -0.3 is 15.2 Å². The first-order chi connectivity index (χ1) is 5.31. The van der Waals surface area contributed by atoms with Gasteiger partial charge in [0.1, 0.15) is 12.6 Å². The van der Waals surface area contributed by atoms with E-state index in [0.717, 1.165) is 0 Å². The topological polar surface area (TPSA) is 66.4 Å². The SMILES string of the molecule is O=CC=CNCC(O)CC=O. The van der Waals surface area contributed by atoms with Crippen LogP contribution in [0.2, 0.25) is 0 Å². The highest BCUT2D eigenvalue weighted by Gasteiger charge is 1.98. The third kappa shape index (κ3) is 6.73. The van der Waals surface area contributed by atoms with Crippen molar-refractivity contribution in [2.45, 2.75) is 12.5 Å². The van der Waals surface area contributed by atoms with E-state index in [1.165, 1.54) is 12.3 Å². The van der Waals surface area contributed by atoms with Crippen LogP contribution in [0.4, 0.5) is 0 Å². The van der Waals surface area contributed by atoms with Crippen molar-refractivity contribution in [3.63, 3.8) is 0 Å². The molecule has 0 saturated heterocycles. The van der Waals surface area contributed by atoms with E-state index in [-0.39, 0.29) is 13.0 Å². The Kier molecular flexibility index (Phi) is 6.22. The summed E-state index contributed by atoms with van der Waals surface area (Å²) in [6.07, 6.45) is 3.40. The molecule has 0 aliphatic carbocycles. The number of hydrogen-bond acceptors (Lipinski definition) is 4. The van der Waals surface area contributed by atoms with E-state index in [0.29, 0.717) is 12.6 Å². The summed E-state index contributed by atoms with van der Waals surface area (Å²) >= 11 is 0. The van der Waals surface area contributed by atoms with Crippen molar-refractivity contribution in [3.8, 4) is 0 Å². The summed E-state index contributed by atoms with van der Waals surface area (Å²) in [6.45, 7) is 0.281. The molecule has 1 atom stereocenters. The van der Waals surface area contributed by atoms with Crippen LogP contribution in [0.5, 0.6) is 0 Å². The van der Waals surface area contributed by atoms with Crippen LogP contribution in [0.1, 0.15) is 6.42 Å². The summed E-state index contributed by atoms with van der Waals surface area (Å²) in [5.41, 5.74) is 0. The normalized spacial score (nSPS) is 12.8. The van der Waals surface area contributed by atoms with Gasteiger partial charge in [0.05, 0.1) is 6.10 Å². The second-order valence-corrected chi connectivity index (χ2v) is 1.96. The molecule has 11 heavy (non-hydrogen) atoms. The van der Waals surface area contributed by atoms with Gasteiger partial charge in [-0.1, -0.05) is 0 Å². The number of rotatable bonds is 6. The van der Waals surface area contributed by atoms with Crippen molar-refractivity contribution in [2.75, 3.05) is 6.54 Å². The molecule has 62 valence electrons. The lowest BCUT2D eigenvalue weighted by atomic mass is 10.3. The predicted octanol–water partition coefficient (Wildman–Crippen LogP) is -0.762. The van der Waals surface area contributed by atoms with Gasteiger partial charge in [0.25, 0.3) is 0 Å². The molecule has 0 aromatic heterocycles. The van der Waals surface area contributed by atoms with Crippen LogP contribution in [0.3, 0.4) is 0 Å². The molecular formula is C7H11NO3. The van der Waals surface area contributed by atoms with Crippen LogP contribution in [-0.4, -0.2) is 30.3 Å². The number of carbonyl (C=O) groups is 2. The summed E-state index contributed by atoms with van der Waals surface area (Å²) < 4.78 is 0. The molecule has 0 rings (SSSR count). The number of nitrogens with one attached hydrogen (secondary N) is 1. The summed E-state index contributed by atoms with van der Waals surface area (Å²) in [5, 5.41) is 11.6. The highest BCUT2D eigenvalue weighted by Crippen LogP contribution is 1.83. The Morgan fingerprint density at radius 2 is 2.18 bits per heavy atom. The molecule has 0 saturated carbocycles. The van der Waals surface area contributed by atoms with Crippen LogP contribution in [0.15, 0.2) is 12.3 Å². The van der Waals surface area contributed by atoms with E-state index in [1.807, 2.05) is 0 Å². The number of carbonyl (C=O) groups excluding carboxylic acids is 2. The van der Waals surface area contributed by atoms with E-state index in [4.69, 9.17) is 5.11 Å². The Bertz CT molecular complexity index is 145. The third-order valence-corrected chi connectivity index (χ3v) is 1.01. The summed E-state index contributed by atoms with van der Waals surface area (Å²) in [5.74, 6) is 0. The van der Waals surface area contributed by atoms with Gasteiger partial charge in [-0.3, -0.25) is 4.79 Å². The minimum Gasteiger partial charge on any atom is -0.391 e. The highest BCUT2D eigenvalue weighted by molar-refractivity contribution is 5.64. The third-order valence-electron chi connectivity index (χ3n) is 1.01. The van der Waals surface area contributed by atoms with Gasteiger partial charge in [0, 0.05) is 13.0 Å². The van der Waals surface area contributed by atoms with Gasteiger partial charge in [-0.05, 0) is 12.3 Å². The van der Waals surface area contributed by atoms with Crippen molar-refractivity contribution in [1.29, 1.82) is 0 Å². The van der Waals surface area contributed by atoms with Crippen LogP contribution in [-0.2, 0) is 9.59 Å². The molecule has 0 aliphatic heterocycles. The fourth-order valence-electron chi connectivity index (χ4n) is 0.506. The molecule has 0 amide bonds. The van der Waals surface area contributed by atoms with Crippen molar-refractivity contribution in [1.82, 2.24) is 5.32 Å². The maximum Gasteiger partial charge on any atom is 0.144 e.